The molecule has 2 aliphatic heterocycles. The second-order valence-electron chi connectivity index (χ2n) is 11.5. The molecule has 3 aromatic carbocycles. The predicted molar refractivity (Wildman–Crippen MR) is 163 cm³/mol. The Kier molecular flexibility index (Phi) is 7.23. The molecular weight excluding hydrogens is 555 g/mol. The molecular formula is C33H32Cl2N4O2. The minimum Gasteiger partial charge on any atom is -0.360 e. The first kappa shape index (κ1) is 26.6. The summed E-state index contributed by atoms with van der Waals surface area (Å²) >= 11 is 13.1. The van der Waals surface area contributed by atoms with E-state index in [2.05, 4.69) is 38.9 Å². The van der Waals surface area contributed by atoms with Gasteiger partial charge in [-0.3, -0.25) is 0 Å². The number of nitrogens with zero attached hydrogens (tertiary/aromatic N) is 2. The quantitative estimate of drug-likeness (QED) is 0.228. The van der Waals surface area contributed by atoms with Gasteiger partial charge in [0.2, 0.25) is 0 Å². The number of rotatable bonds is 7. The molecule has 2 saturated heterocycles. The Labute approximate surface area is 250 Å². The van der Waals surface area contributed by atoms with Crippen LogP contribution in [0.25, 0.3) is 22.4 Å². The van der Waals surface area contributed by atoms with Crippen molar-refractivity contribution in [2.45, 2.75) is 69.1 Å². The number of aromatic nitrogens is 1. The van der Waals surface area contributed by atoms with Crippen molar-refractivity contribution in [1.29, 1.82) is 0 Å². The highest BCUT2D eigenvalue weighted by atomic mass is 35.5. The number of anilines is 1. The highest BCUT2D eigenvalue weighted by Crippen LogP contribution is 2.46. The number of hydrogen-bond acceptors (Lipinski definition) is 4. The van der Waals surface area contributed by atoms with E-state index in [4.69, 9.17) is 27.7 Å². The predicted octanol–water partition coefficient (Wildman–Crippen LogP) is 8.51. The van der Waals surface area contributed by atoms with Crippen LogP contribution >= 0.6 is 23.2 Å². The van der Waals surface area contributed by atoms with Gasteiger partial charge in [0.1, 0.15) is 11.5 Å². The van der Waals surface area contributed by atoms with Gasteiger partial charge in [0.05, 0.1) is 10.0 Å². The van der Waals surface area contributed by atoms with Crippen molar-refractivity contribution in [2.75, 3.05) is 5.32 Å². The maximum absolute atomic E-state index is 13.5. The Bertz CT molecular complexity index is 1530. The summed E-state index contributed by atoms with van der Waals surface area (Å²) in [5, 5.41) is 12.5. The maximum atomic E-state index is 13.5. The molecule has 1 aliphatic carbocycles. The van der Waals surface area contributed by atoms with Gasteiger partial charge >= 0.3 is 6.03 Å². The summed E-state index contributed by atoms with van der Waals surface area (Å²) in [5.41, 5.74) is 5.55. The van der Waals surface area contributed by atoms with Crippen LogP contribution in [-0.4, -0.2) is 34.2 Å². The van der Waals surface area contributed by atoms with E-state index in [0.717, 1.165) is 77.9 Å². The zero-order valence-electron chi connectivity index (χ0n) is 22.7. The molecule has 0 radical (unpaired) electrons. The number of carbonyl (C=O) groups excluding carboxylic acids is 1. The molecule has 2 amide bonds. The third kappa shape index (κ3) is 5.36. The summed E-state index contributed by atoms with van der Waals surface area (Å²) in [6.45, 7) is 0.634. The fraction of sp³-hybridized carbons (Fsp3) is 0.333. The van der Waals surface area contributed by atoms with Crippen molar-refractivity contribution >= 4 is 34.9 Å². The molecule has 0 spiro atoms. The number of fused-ring (bicyclic) bond motifs is 2. The van der Waals surface area contributed by atoms with Crippen LogP contribution in [0.5, 0.6) is 0 Å². The Balaban J connectivity index is 1.03. The number of amides is 2. The first-order chi connectivity index (χ1) is 20.0. The second-order valence-corrected chi connectivity index (χ2v) is 12.3. The van der Waals surface area contributed by atoms with Crippen LogP contribution in [0.4, 0.5) is 10.5 Å². The fourth-order valence-corrected chi connectivity index (χ4v) is 7.17. The number of hydrogen-bond donors (Lipinski definition) is 2. The van der Waals surface area contributed by atoms with Gasteiger partial charge < -0.3 is 20.1 Å². The van der Waals surface area contributed by atoms with E-state index in [1.807, 2.05) is 54.6 Å². The van der Waals surface area contributed by atoms with E-state index in [1.54, 1.807) is 0 Å². The number of benzene rings is 3. The van der Waals surface area contributed by atoms with Crippen LogP contribution in [0.1, 0.15) is 55.8 Å². The number of piperidine rings is 1. The Morgan fingerprint density at radius 3 is 2.27 bits per heavy atom. The summed E-state index contributed by atoms with van der Waals surface area (Å²) in [5.74, 6) is 1.36. The Morgan fingerprint density at radius 2 is 1.56 bits per heavy atom. The van der Waals surface area contributed by atoms with Crippen LogP contribution in [-0.2, 0) is 6.54 Å². The van der Waals surface area contributed by atoms with Crippen LogP contribution in [0, 0.1) is 0 Å². The molecule has 4 aromatic rings. The van der Waals surface area contributed by atoms with Crippen molar-refractivity contribution in [2.24, 2.45) is 0 Å². The molecule has 3 aliphatic rings. The van der Waals surface area contributed by atoms with Crippen molar-refractivity contribution < 1.29 is 9.32 Å². The van der Waals surface area contributed by atoms with Gasteiger partial charge in [-0.15, -0.1) is 0 Å². The summed E-state index contributed by atoms with van der Waals surface area (Å²) in [6, 6.07) is 24.5. The zero-order chi connectivity index (χ0) is 27.9. The molecule has 210 valence electrons. The highest BCUT2D eigenvalue weighted by molar-refractivity contribution is 6.39. The van der Waals surface area contributed by atoms with Gasteiger partial charge in [0, 0.05) is 47.4 Å². The molecule has 6 nitrogen and oxygen atoms in total. The van der Waals surface area contributed by atoms with Crippen LogP contribution in [0.2, 0.25) is 10.0 Å². The van der Waals surface area contributed by atoms with E-state index in [1.165, 1.54) is 0 Å². The van der Waals surface area contributed by atoms with E-state index in [0.29, 0.717) is 28.5 Å². The number of carbonyl (C=O) groups is 1. The first-order valence-electron chi connectivity index (χ1n) is 14.5. The standard InChI is InChI=1S/C33H32Cl2N4O2/c34-28-10-5-11-29(35)30(28)31-27(32(41-38-31)21-12-13-21)19-36-24-17-25-14-15-26(18-24)39(25)33(40)37-23-9-4-8-22(16-23)20-6-2-1-3-7-20/h1-11,16,21,24-26,36H,12-15,17-19H2,(H,37,40). The van der Waals surface area contributed by atoms with E-state index in [9.17, 15) is 4.79 Å². The van der Waals surface area contributed by atoms with Gasteiger partial charge in [-0.2, -0.15) is 0 Å². The zero-order valence-corrected chi connectivity index (χ0v) is 24.2. The molecule has 2 unspecified atom stereocenters. The van der Waals surface area contributed by atoms with Crippen molar-refractivity contribution in [3.63, 3.8) is 0 Å². The van der Waals surface area contributed by atoms with Crippen molar-refractivity contribution in [3.05, 3.63) is 94.2 Å². The highest BCUT2D eigenvalue weighted by Gasteiger charge is 2.43. The molecule has 2 atom stereocenters. The first-order valence-corrected chi connectivity index (χ1v) is 15.2. The van der Waals surface area contributed by atoms with Gasteiger partial charge in [0.15, 0.2) is 0 Å². The summed E-state index contributed by atoms with van der Waals surface area (Å²) in [6.07, 6.45) is 6.12. The average molecular weight is 588 g/mol. The van der Waals surface area contributed by atoms with Crippen LogP contribution < -0.4 is 10.6 Å². The number of nitrogens with one attached hydrogen (secondary N) is 2. The lowest BCUT2D eigenvalue weighted by Crippen LogP contribution is -2.52. The monoisotopic (exact) mass is 586 g/mol. The molecule has 7 rings (SSSR count). The van der Waals surface area contributed by atoms with Crippen LogP contribution in [0.15, 0.2) is 77.3 Å². The van der Waals surface area contributed by atoms with E-state index in [-0.39, 0.29) is 18.1 Å². The molecule has 8 heteroatoms. The molecule has 1 saturated carbocycles. The largest absolute Gasteiger partial charge is 0.360 e. The SMILES string of the molecule is O=C(Nc1cccc(-c2ccccc2)c1)N1C2CCC1CC(NCc1c(-c3c(Cl)cccc3Cl)noc1C1CC1)C2. The summed E-state index contributed by atoms with van der Waals surface area (Å²) < 4.78 is 5.85. The molecule has 1 aromatic heterocycles. The van der Waals surface area contributed by atoms with Gasteiger partial charge in [-0.05, 0) is 73.9 Å². The minimum atomic E-state index is -0.00753. The Hall–Kier alpha value is -3.32. The maximum Gasteiger partial charge on any atom is 0.322 e. The number of urea groups is 1. The Morgan fingerprint density at radius 1 is 0.878 bits per heavy atom. The molecule has 2 bridgehead atoms. The third-order valence-corrected chi connectivity index (χ3v) is 9.35. The normalized spacial score (nSPS) is 21.7. The second kappa shape index (κ2) is 11.2. The van der Waals surface area contributed by atoms with E-state index < -0.39 is 0 Å². The molecule has 2 N–H and O–H groups in total. The van der Waals surface area contributed by atoms with Gasteiger partial charge in [-0.1, -0.05) is 76.9 Å². The molecule has 3 heterocycles. The fourth-order valence-electron chi connectivity index (χ4n) is 6.60. The molecule has 3 fully saturated rings. The third-order valence-electron chi connectivity index (χ3n) is 8.72. The van der Waals surface area contributed by atoms with E-state index >= 15 is 0 Å². The smallest absolute Gasteiger partial charge is 0.322 e. The topological polar surface area (TPSA) is 70.4 Å². The average Bonchev–Trinajstić information content (AvgIpc) is 3.68. The van der Waals surface area contributed by atoms with Gasteiger partial charge in [0.25, 0.3) is 0 Å². The minimum absolute atomic E-state index is 0.00753. The molecule has 41 heavy (non-hydrogen) atoms. The summed E-state index contributed by atoms with van der Waals surface area (Å²) in [4.78, 5) is 15.5. The lowest BCUT2D eigenvalue weighted by atomic mass is 9.96. The van der Waals surface area contributed by atoms with Crippen LogP contribution in [0.3, 0.4) is 0 Å². The van der Waals surface area contributed by atoms with Gasteiger partial charge in [-0.25, -0.2) is 4.79 Å². The lowest BCUT2D eigenvalue weighted by Gasteiger charge is -2.39. The summed E-state index contributed by atoms with van der Waals surface area (Å²) in [7, 11) is 0. The lowest BCUT2D eigenvalue weighted by molar-refractivity contribution is 0.141. The van der Waals surface area contributed by atoms with Crippen molar-refractivity contribution in [3.8, 4) is 22.4 Å². The van der Waals surface area contributed by atoms with Crippen molar-refractivity contribution in [1.82, 2.24) is 15.4 Å². The number of halogens is 2.